The summed E-state index contributed by atoms with van der Waals surface area (Å²) >= 11 is 0. The van der Waals surface area contributed by atoms with Gasteiger partial charge in [-0.1, -0.05) is 13.8 Å². The first-order valence-electron chi connectivity index (χ1n) is 7.85. The van der Waals surface area contributed by atoms with Gasteiger partial charge in [-0.25, -0.2) is 0 Å². The lowest BCUT2D eigenvalue weighted by atomic mass is 9.94. The number of aldehydes is 1. The highest BCUT2D eigenvalue weighted by Gasteiger charge is 2.20. The molecule has 0 atom stereocenters. The number of carbonyl (C=O) groups is 2. The Morgan fingerprint density at radius 1 is 1.33 bits per heavy atom. The third-order valence-corrected chi connectivity index (χ3v) is 4.19. The lowest BCUT2D eigenvalue weighted by Crippen LogP contribution is -2.34. The van der Waals surface area contributed by atoms with Crippen molar-refractivity contribution in [1.29, 1.82) is 0 Å². The zero-order chi connectivity index (χ0) is 15.4. The summed E-state index contributed by atoms with van der Waals surface area (Å²) in [6, 6.07) is 6.17. The van der Waals surface area contributed by atoms with E-state index in [0.717, 1.165) is 49.8 Å². The second-order valence-electron chi connectivity index (χ2n) is 6.46. The van der Waals surface area contributed by atoms with E-state index in [4.69, 9.17) is 0 Å². The van der Waals surface area contributed by atoms with Gasteiger partial charge in [-0.05, 0) is 55.9 Å². The molecular formula is C18H25NO2. The van der Waals surface area contributed by atoms with Crippen molar-refractivity contribution in [3.8, 4) is 0 Å². The summed E-state index contributed by atoms with van der Waals surface area (Å²) in [4.78, 5) is 24.9. The number of ketones is 1. The maximum absolute atomic E-state index is 11.8. The second-order valence-corrected chi connectivity index (χ2v) is 6.46. The zero-order valence-electron chi connectivity index (χ0n) is 13.3. The molecule has 3 nitrogen and oxygen atoms in total. The van der Waals surface area contributed by atoms with E-state index in [-0.39, 0.29) is 11.7 Å². The highest BCUT2D eigenvalue weighted by Crippen LogP contribution is 2.26. The van der Waals surface area contributed by atoms with Crippen LogP contribution in [0.2, 0.25) is 0 Å². The van der Waals surface area contributed by atoms with Crippen LogP contribution in [0.3, 0.4) is 0 Å². The Labute approximate surface area is 127 Å². The molecule has 0 N–H and O–H groups in total. The molecule has 1 aromatic rings. The number of benzene rings is 1. The van der Waals surface area contributed by atoms with E-state index in [9.17, 15) is 9.59 Å². The quantitative estimate of drug-likeness (QED) is 0.614. The van der Waals surface area contributed by atoms with Crippen LogP contribution in [0.4, 0.5) is 5.69 Å². The molecule has 0 unspecified atom stereocenters. The number of hydrogen-bond donors (Lipinski definition) is 0. The summed E-state index contributed by atoms with van der Waals surface area (Å²) in [7, 11) is 0. The number of anilines is 1. The van der Waals surface area contributed by atoms with Gasteiger partial charge in [0.05, 0.1) is 0 Å². The van der Waals surface area contributed by atoms with Crippen molar-refractivity contribution >= 4 is 17.8 Å². The van der Waals surface area contributed by atoms with Gasteiger partial charge in [0, 0.05) is 30.3 Å². The summed E-state index contributed by atoms with van der Waals surface area (Å²) in [5.74, 6) is 0.879. The maximum Gasteiger partial charge on any atom is 0.160 e. The lowest BCUT2D eigenvalue weighted by Gasteiger charge is -2.32. The fourth-order valence-corrected chi connectivity index (χ4v) is 3.02. The molecule has 1 aliphatic heterocycles. The van der Waals surface area contributed by atoms with Crippen LogP contribution >= 0.6 is 0 Å². The topological polar surface area (TPSA) is 37.4 Å². The largest absolute Gasteiger partial charge is 0.371 e. The molecule has 0 spiro atoms. The molecule has 1 saturated heterocycles. The summed E-state index contributed by atoms with van der Waals surface area (Å²) in [6.07, 6.45) is 3.86. The highest BCUT2D eigenvalue weighted by molar-refractivity contribution is 5.96. The summed E-state index contributed by atoms with van der Waals surface area (Å²) in [6.45, 7) is 7.82. The molecule has 3 heteroatoms. The minimum Gasteiger partial charge on any atom is -0.371 e. The van der Waals surface area contributed by atoms with Crippen LogP contribution in [0.5, 0.6) is 0 Å². The molecule has 1 heterocycles. The Kier molecular flexibility index (Phi) is 5.16. The Bertz CT molecular complexity index is 514. The fraction of sp³-hybridized carbons (Fsp3) is 0.556. The van der Waals surface area contributed by atoms with Gasteiger partial charge in [0.2, 0.25) is 0 Å². The van der Waals surface area contributed by atoms with E-state index >= 15 is 0 Å². The van der Waals surface area contributed by atoms with Crippen molar-refractivity contribution in [3.63, 3.8) is 0 Å². The fourth-order valence-electron chi connectivity index (χ4n) is 3.02. The molecule has 0 bridgehead atoms. The molecule has 114 valence electrons. The maximum atomic E-state index is 11.8. The summed E-state index contributed by atoms with van der Waals surface area (Å²) < 4.78 is 0. The van der Waals surface area contributed by atoms with Gasteiger partial charge in [0.15, 0.2) is 5.78 Å². The second kappa shape index (κ2) is 6.88. The molecule has 1 aromatic carbocycles. The van der Waals surface area contributed by atoms with E-state index in [1.807, 2.05) is 12.1 Å². The molecule has 0 radical (unpaired) electrons. The first-order chi connectivity index (χ1) is 10.0. The van der Waals surface area contributed by atoms with Gasteiger partial charge >= 0.3 is 0 Å². The lowest BCUT2D eigenvalue weighted by molar-refractivity contribution is -0.111. The standard InChI is InChI=1S/C18H25NO2/c1-13(2)10-16-11-17(4-5-18(16)14(3)21)19-8-6-15(12-20)7-9-19/h4-5,11-13,15H,6-10H2,1-3H3. The van der Waals surface area contributed by atoms with Crippen LogP contribution in [0.25, 0.3) is 0 Å². The Hall–Kier alpha value is -1.64. The van der Waals surface area contributed by atoms with Crippen molar-refractivity contribution in [1.82, 2.24) is 0 Å². The van der Waals surface area contributed by atoms with Gasteiger partial charge in [-0.15, -0.1) is 0 Å². The minimum atomic E-state index is 0.136. The number of rotatable bonds is 5. The van der Waals surface area contributed by atoms with E-state index in [1.54, 1.807) is 6.92 Å². The highest BCUT2D eigenvalue weighted by atomic mass is 16.1. The number of piperidine rings is 1. The zero-order valence-corrected chi connectivity index (χ0v) is 13.3. The van der Waals surface area contributed by atoms with Crippen LogP contribution in [-0.4, -0.2) is 25.2 Å². The first-order valence-corrected chi connectivity index (χ1v) is 7.85. The van der Waals surface area contributed by atoms with Gasteiger partial charge in [-0.3, -0.25) is 4.79 Å². The third-order valence-electron chi connectivity index (χ3n) is 4.19. The molecule has 0 aromatic heterocycles. The normalized spacial score (nSPS) is 16.3. The van der Waals surface area contributed by atoms with E-state index in [1.165, 1.54) is 5.69 Å². The van der Waals surface area contributed by atoms with Crippen LogP contribution < -0.4 is 4.90 Å². The molecule has 0 amide bonds. The average Bonchev–Trinajstić information content (AvgIpc) is 2.46. The van der Waals surface area contributed by atoms with Crippen molar-refractivity contribution < 1.29 is 9.59 Å². The Balaban J connectivity index is 2.21. The SMILES string of the molecule is CC(=O)c1ccc(N2CCC(C=O)CC2)cc1CC(C)C. The average molecular weight is 287 g/mol. The van der Waals surface area contributed by atoms with Crippen LogP contribution in [0.1, 0.15) is 49.5 Å². The third kappa shape index (κ3) is 3.93. The molecular weight excluding hydrogens is 262 g/mol. The van der Waals surface area contributed by atoms with Crippen molar-refractivity contribution in [3.05, 3.63) is 29.3 Å². The molecule has 1 fully saturated rings. The van der Waals surface area contributed by atoms with Crippen molar-refractivity contribution in [2.45, 2.75) is 40.0 Å². The number of nitrogens with zero attached hydrogens (tertiary/aromatic N) is 1. The van der Waals surface area contributed by atoms with Gasteiger partial charge < -0.3 is 9.69 Å². The molecule has 0 saturated carbocycles. The first kappa shape index (κ1) is 15.7. The number of Topliss-reactive ketones (excluding diaryl/α,β-unsaturated/α-hetero) is 1. The van der Waals surface area contributed by atoms with Crippen LogP contribution in [-0.2, 0) is 11.2 Å². The molecule has 1 aliphatic rings. The van der Waals surface area contributed by atoms with E-state index in [2.05, 4.69) is 24.8 Å². The van der Waals surface area contributed by atoms with E-state index in [0.29, 0.717) is 5.92 Å². The minimum absolute atomic E-state index is 0.136. The molecule has 2 rings (SSSR count). The Morgan fingerprint density at radius 2 is 2.00 bits per heavy atom. The Morgan fingerprint density at radius 3 is 2.52 bits per heavy atom. The van der Waals surface area contributed by atoms with Crippen LogP contribution in [0, 0.1) is 11.8 Å². The van der Waals surface area contributed by atoms with E-state index < -0.39 is 0 Å². The van der Waals surface area contributed by atoms with Gasteiger partial charge in [0.25, 0.3) is 0 Å². The molecule has 21 heavy (non-hydrogen) atoms. The van der Waals surface area contributed by atoms with Gasteiger partial charge in [-0.2, -0.15) is 0 Å². The predicted octanol–water partition coefficient (Wildman–Crippen LogP) is 3.50. The number of hydrogen-bond acceptors (Lipinski definition) is 3. The monoisotopic (exact) mass is 287 g/mol. The van der Waals surface area contributed by atoms with Gasteiger partial charge in [0.1, 0.15) is 6.29 Å². The predicted molar refractivity (Wildman–Crippen MR) is 86.0 cm³/mol. The van der Waals surface area contributed by atoms with Crippen molar-refractivity contribution in [2.24, 2.45) is 11.8 Å². The molecule has 0 aliphatic carbocycles. The summed E-state index contributed by atoms with van der Waals surface area (Å²) in [5, 5.41) is 0. The van der Waals surface area contributed by atoms with Crippen LogP contribution in [0.15, 0.2) is 18.2 Å². The van der Waals surface area contributed by atoms with Crippen molar-refractivity contribution in [2.75, 3.05) is 18.0 Å². The number of carbonyl (C=O) groups excluding carboxylic acids is 2. The summed E-state index contributed by atoms with van der Waals surface area (Å²) in [5.41, 5.74) is 3.17. The smallest absolute Gasteiger partial charge is 0.160 e.